The maximum atomic E-state index is 13.2. The van der Waals surface area contributed by atoms with Crippen LogP contribution in [0.1, 0.15) is 82.0 Å². The fraction of sp³-hybridized carbons (Fsp3) is 0.652. The van der Waals surface area contributed by atoms with Crippen molar-refractivity contribution in [3.63, 3.8) is 0 Å². The first-order valence-electron chi connectivity index (χ1n) is 11.4. The van der Waals surface area contributed by atoms with Crippen molar-refractivity contribution in [1.29, 1.82) is 0 Å². The molecular weight excluding hydrogens is 396 g/mol. The van der Waals surface area contributed by atoms with E-state index in [-0.39, 0.29) is 24.2 Å². The van der Waals surface area contributed by atoms with Gasteiger partial charge in [0.1, 0.15) is 11.6 Å². The van der Waals surface area contributed by atoms with Crippen molar-refractivity contribution in [2.75, 3.05) is 6.79 Å². The number of ether oxygens (including phenoxy) is 2. The maximum Gasteiger partial charge on any atom is 0.231 e. The molecule has 8 heteroatoms. The van der Waals surface area contributed by atoms with E-state index in [0.29, 0.717) is 18.6 Å². The van der Waals surface area contributed by atoms with Gasteiger partial charge in [-0.15, -0.1) is 5.10 Å². The number of hydrogen-bond donors (Lipinski definition) is 2. The Bertz CT molecular complexity index is 870. The Balaban J connectivity index is 1.35. The topological polar surface area (TPSA) is 110 Å². The number of benzene rings is 1. The molecule has 3 unspecified atom stereocenters. The predicted octanol–water partition coefficient (Wildman–Crippen LogP) is 3.72. The van der Waals surface area contributed by atoms with Crippen molar-refractivity contribution in [2.24, 2.45) is 5.41 Å². The summed E-state index contributed by atoms with van der Waals surface area (Å²) < 4.78 is 11.0. The highest BCUT2D eigenvalue weighted by Gasteiger charge is 2.46. The second-order valence-electron chi connectivity index (χ2n) is 9.07. The number of rotatable bonds is 11. The molecule has 1 aromatic carbocycles. The molecule has 2 aliphatic rings. The Labute approximate surface area is 182 Å². The van der Waals surface area contributed by atoms with Crippen molar-refractivity contribution in [2.45, 2.75) is 83.2 Å². The van der Waals surface area contributed by atoms with Crippen LogP contribution in [0, 0.1) is 5.41 Å². The van der Waals surface area contributed by atoms with Crippen LogP contribution in [-0.4, -0.2) is 44.4 Å². The highest BCUT2D eigenvalue weighted by molar-refractivity contribution is 5.88. The lowest BCUT2D eigenvalue weighted by Gasteiger charge is -2.29. The summed E-state index contributed by atoms with van der Waals surface area (Å²) in [4.78, 5) is 13.2. The third-order valence-electron chi connectivity index (χ3n) is 6.78. The number of H-pyrrole nitrogens is 1. The van der Waals surface area contributed by atoms with Crippen molar-refractivity contribution < 1.29 is 19.4 Å². The average Bonchev–Trinajstić information content (AvgIpc) is 3.49. The van der Waals surface area contributed by atoms with Crippen molar-refractivity contribution in [3.8, 4) is 11.5 Å². The zero-order chi connectivity index (χ0) is 21.7. The Hall–Kier alpha value is -2.48. The smallest absolute Gasteiger partial charge is 0.231 e. The average molecular weight is 429 g/mol. The Kier molecular flexibility index (Phi) is 6.85. The van der Waals surface area contributed by atoms with Crippen molar-refractivity contribution >= 4 is 5.78 Å². The summed E-state index contributed by atoms with van der Waals surface area (Å²) in [5.41, 5.74) is 0.824. The van der Waals surface area contributed by atoms with Gasteiger partial charge < -0.3 is 14.6 Å². The summed E-state index contributed by atoms with van der Waals surface area (Å²) in [5, 5.41) is 23.8. The van der Waals surface area contributed by atoms with Crippen LogP contribution in [0.3, 0.4) is 0 Å². The van der Waals surface area contributed by atoms with E-state index in [2.05, 4.69) is 26.7 Å². The minimum atomic E-state index is -0.384. The number of carbonyl (C=O) groups is 1. The number of ketones is 1. The second-order valence-corrected chi connectivity index (χ2v) is 9.07. The zero-order valence-corrected chi connectivity index (χ0v) is 18.2. The van der Waals surface area contributed by atoms with Crippen molar-refractivity contribution in [1.82, 2.24) is 20.6 Å². The van der Waals surface area contributed by atoms with Crippen LogP contribution in [0.5, 0.6) is 11.5 Å². The van der Waals surface area contributed by atoms with E-state index in [1.165, 1.54) is 0 Å². The zero-order valence-electron chi connectivity index (χ0n) is 18.2. The van der Waals surface area contributed by atoms with Crippen LogP contribution in [0.25, 0.3) is 0 Å². The van der Waals surface area contributed by atoms with Crippen LogP contribution in [0.4, 0.5) is 0 Å². The molecule has 168 valence electrons. The molecule has 0 spiro atoms. The largest absolute Gasteiger partial charge is 0.454 e. The molecule has 8 nitrogen and oxygen atoms in total. The third-order valence-corrected chi connectivity index (χ3v) is 6.78. The highest BCUT2D eigenvalue weighted by Crippen LogP contribution is 2.51. The number of hydrogen-bond acceptors (Lipinski definition) is 7. The quantitative estimate of drug-likeness (QED) is 0.525. The summed E-state index contributed by atoms with van der Waals surface area (Å²) in [6.07, 6.45) is 8.43. The van der Waals surface area contributed by atoms with E-state index in [1.807, 2.05) is 12.1 Å². The van der Waals surface area contributed by atoms with Gasteiger partial charge in [-0.3, -0.25) is 4.79 Å². The number of aryl methyl sites for hydroxylation is 1. The van der Waals surface area contributed by atoms with Gasteiger partial charge in [0.2, 0.25) is 6.79 Å². The van der Waals surface area contributed by atoms with Gasteiger partial charge in [0.05, 0.1) is 6.10 Å². The number of nitrogens with zero attached hydrogens (tertiary/aromatic N) is 3. The maximum absolute atomic E-state index is 13.2. The Morgan fingerprint density at radius 1 is 1.19 bits per heavy atom. The SMILES string of the molecule is CC(O)CCC1(CCCCCCc2nnn[nH]2)CC(c2ccc3c(c2)OCO3)CC1=O. The lowest BCUT2D eigenvalue weighted by atomic mass is 9.74. The first-order valence-corrected chi connectivity index (χ1v) is 11.4. The molecule has 0 bridgehead atoms. The van der Waals surface area contributed by atoms with Crippen LogP contribution in [0.15, 0.2) is 18.2 Å². The minimum Gasteiger partial charge on any atom is -0.454 e. The van der Waals surface area contributed by atoms with Crippen LogP contribution >= 0.6 is 0 Å². The Morgan fingerprint density at radius 2 is 2.03 bits per heavy atom. The van der Waals surface area contributed by atoms with E-state index in [4.69, 9.17) is 9.47 Å². The molecule has 4 rings (SSSR count). The molecule has 2 N–H and O–H groups in total. The summed E-state index contributed by atoms with van der Waals surface area (Å²) in [6.45, 7) is 2.06. The standard InChI is InChI=1S/C23H32N4O4/c1-16(28)9-11-23(10-5-3-2-4-6-22-24-26-27-25-22)14-18(13-21(23)29)17-7-8-19-20(12-17)31-15-30-19/h7-8,12,16,18,28H,2-6,9-11,13-15H2,1H3,(H,24,25,26,27). The molecule has 3 atom stereocenters. The molecule has 2 heterocycles. The molecule has 2 aromatic rings. The number of tetrazole rings is 1. The number of aliphatic hydroxyl groups excluding tert-OH is 1. The van der Waals surface area contributed by atoms with Gasteiger partial charge in [0.15, 0.2) is 11.5 Å². The third kappa shape index (κ3) is 5.23. The molecule has 0 saturated heterocycles. The minimum absolute atomic E-state index is 0.204. The summed E-state index contributed by atoms with van der Waals surface area (Å²) in [5.74, 6) is 2.92. The first-order chi connectivity index (χ1) is 15.1. The number of fused-ring (bicyclic) bond motifs is 1. The normalized spacial score (nSPS) is 23.4. The predicted molar refractivity (Wildman–Crippen MR) is 114 cm³/mol. The summed E-state index contributed by atoms with van der Waals surface area (Å²) in [7, 11) is 0. The number of carbonyl (C=O) groups excluding carboxylic acids is 1. The van der Waals surface area contributed by atoms with Crippen LogP contribution in [-0.2, 0) is 11.2 Å². The molecule has 1 aliphatic carbocycles. The van der Waals surface area contributed by atoms with E-state index >= 15 is 0 Å². The summed E-state index contributed by atoms with van der Waals surface area (Å²) in [6, 6.07) is 6.04. The number of aromatic amines is 1. The van der Waals surface area contributed by atoms with Gasteiger partial charge >= 0.3 is 0 Å². The number of unbranched alkanes of at least 4 members (excludes halogenated alkanes) is 3. The molecule has 1 saturated carbocycles. The molecule has 0 radical (unpaired) electrons. The number of aliphatic hydroxyl groups is 1. The van der Waals surface area contributed by atoms with E-state index in [1.54, 1.807) is 6.92 Å². The van der Waals surface area contributed by atoms with Gasteiger partial charge in [-0.05, 0) is 73.1 Å². The second kappa shape index (κ2) is 9.77. The molecule has 0 amide bonds. The molecular formula is C23H32N4O4. The van der Waals surface area contributed by atoms with Crippen molar-refractivity contribution in [3.05, 3.63) is 29.6 Å². The van der Waals surface area contributed by atoms with E-state index in [9.17, 15) is 9.90 Å². The van der Waals surface area contributed by atoms with Gasteiger partial charge in [0, 0.05) is 18.3 Å². The number of nitrogens with one attached hydrogen (secondary N) is 1. The van der Waals surface area contributed by atoms with Gasteiger partial charge in [0.25, 0.3) is 0 Å². The molecule has 1 aliphatic heterocycles. The van der Waals surface area contributed by atoms with E-state index < -0.39 is 0 Å². The lowest BCUT2D eigenvalue weighted by molar-refractivity contribution is -0.126. The first kappa shape index (κ1) is 21.7. The molecule has 1 fully saturated rings. The fourth-order valence-electron chi connectivity index (χ4n) is 4.99. The monoisotopic (exact) mass is 428 g/mol. The highest BCUT2D eigenvalue weighted by atomic mass is 16.7. The van der Waals surface area contributed by atoms with Crippen LogP contribution in [0.2, 0.25) is 0 Å². The van der Waals surface area contributed by atoms with Gasteiger partial charge in [-0.25, -0.2) is 5.10 Å². The Morgan fingerprint density at radius 3 is 2.84 bits per heavy atom. The van der Waals surface area contributed by atoms with Gasteiger partial charge in [-0.1, -0.05) is 25.3 Å². The molecule has 31 heavy (non-hydrogen) atoms. The van der Waals surface area contributed by atoms with Gasteiger partial charge in [-0.2, -0.15) is 0 Å². The number of aromatic nitrogens is 4. The van der Waals surface area contributed by atoms with Crippen LogP contribution < -0.4 is 9.47 Å². The fourth-order valence-corrected chi connectivity index (χ4v) is 4.99. The lowest BCUT2D eigenvalue weighted by Crippen LogP contribution is -2.27. The number of Topliss-reactive ketones (excluding diaryl/α,β-unsaturated/α-hetero) is 1. The van der Waals surface area contributed by atoms with E-state index in [0.717, 1.165) is 74.3 Å². The molecule has 1 aromatic heterocycles. The summed E-state index contributed by atoms with van der Waals surface area (Å²) >= 11 is 0.